The van der Waals surface area contributed by atoms with Gasteiger partial charge in [0.1, 0.15) is 0 Å². The van der Waals surface area contributed by atoms with Gasteiger partial charge in [-0.25, -0.2) is 0 Å². The third-order valence-corrected chi connectivity index (χ3v) is 1.60. The first kappa shape index (κ1) is 7.36. The first-order chi connectivity index (χ1) is 4.84. The van der Waals surface area contributed by atoms with E-state index in [1.165, 1.54) is 0 Å². The molecule has 51 valence electrons. The fraction of sp³-hybridized carbons (Fsp3) is 0.111. The minimum absolute atomic E-state index is 0.697. The maximum Gasteiger partial charge on any atom is 0.0520 e. The third kappa shape index (κ3) is 1.61. The molecule has 0 bridgehead atoms. The number of rotatable bonds is 2. The second kappa shape index (κ2) is 3.43. The van der Waals surface area contributed by atoms with Crippen LogP contribution in [0.5, 0.6) is 0 Å². The van der Waals surface area contributed by atoms with E-state index in [0.717, 1.165) is 12.0 Å². The van der Waals surface area contributed by atoms with Gasteiger partial charge >= 0.3 is 0 Å². The van der Waals surface area contributed by atoms with Crippen LogP contribution in [0.2, 0.25) is 5.02 Å². The Labute approximate surface area is 66.1 Å². The summed E-state index contributed by atoms with van der Waals surface area (Å²) in [5.41, 5.74) is 1.08. The molecule has 0 unspecified atom stereocenters. The standard InChI is InChI=1S/C9H8Cl/c1-2-5-8-6-3-4-7-9(8)10/h2-4,6H,1,5H2. The van der Waals surface area contributed by atoms with Crippen LogP contribution in [0.4, 0.5) is 0 Å². The summed E-state index contributed by atoms with van der Waals surface area (Å²) in [5.74, 6) is 0. The third-order valence-electron chi connectivity index (χ3n) is 1.25. The van der Waals surface area contributed by atoms with Crippen LogP contribution in [0.25, 0.3) is 0 Å². The lowest BCUT2D eigenvalue weighted by atomic mass is 10.1. The predicted molar refractivity (Wildman–Crippen MR) is 44.2 cm³/mol. The Morgan fingerprint density at radius 1 is 1.70 bits per heavy atom. The van der Waals surface area contributed by atoms with Crippen molar-refractivity contribution in [1.82, 2.24) is 0 Å². The molecule has 1 aromatic carbocycles. The maximum atomic E-state index is 5.80. The van der Waals surface area contributed by atoms with E-state index in [9.17, 15) is 0 Å². The molecule has 0 aliphatic heterocycles. The number of hydrogen-bond donors (Lipinski definition) is 0. The molecule has 1 radical (unpaired) electrons. The molecule has 1 heteroatoms. The van der Waals surface area contributed by atoms with E-state index in [4.69, 9.17) is 11.6 Å². The molecule has 0 spiro atoms. The first-order valence-electron chi connectivity index (χ1n) is 3.10. The minimum atomic E-state index is 0.697. The zero-order chi connectivity index (χ0) is 7.40. The predicted octanol–water partition coefficient (Wildman–Crippen LogP) is 2.87. The van der Waals surface area contributed by atoms with E-state index < -0.39 is 0 Å². The highest BCUT2D eigenvalue weighted by atomic mass is 35.5. The first-order valence-corrected chi connectivity index (χ1v) is 3.48. The molecule has 1 rings (SSSR count). The van der Waals surface area contributed by atoms with Gasteiger partial charge in [0, 0.05) is 6.07 Å². The molecule has 0 atom stereocenters. The van der Waals surface area contributed by atoms with E-state index in [-0.39, 0.29) is 0 Å². The Bertz CT molecular complexity index is 228. The normalized spacial score (nSPS) is 9.30. The van der Waals surface area contributed by atoms with Crippen molar-refractivity contribution in [2.45, 2.75) is 6.42 Å². The fourth-order valence-corrected chi connectivity index (χ4v) is 0.968. The molecule has 0 saturated heterocycles. The van der Waals surface area contributed by atoms with Crippen LogP contribution in [0.1, 0.15) is 5.56 Å². The summed E-state index contributed by atoms with van der Waals surface area (Å²) in [6.45, 7) is 3.62. The lowest BCUT2D eigenvalue weighted by Crippen LogP contribution is -1.80. The molecule has 0 aliphatic carbocycles. The number of benzene rings is 1. The van der Waals surface area contributed by atoms with E-state index in [1.54, 1.807) is 6.07 Å². The summed E-state index contributed by atoms with van der Waals surface area (Å²) in [4.78, 5) is 0. The highest BCUT2D eigenvalue weighted by molar-refractivity contribution is 6.31. The highest BCUT2D eigenvalue weighted by Crippen LogP contribution is 2.14. The van der Waals surface area contributed by atoms with Gasteiger partial charge in [0.15, 0.2) is 0 Å². The highest BCUT2D eigenvalue weighted by Gasteiger charge is 1.93. The van der Waals surface area contributed by atoms with Crippen LogP contribution in [-0.2, 0) is 6.42 Å². The monoisotopic (exact) mass is 151 g/mol. The second-order valence-corrected chi connectivity index (χ2v) is 2.38. The lowest BCUT2D eigenvalue weighted by molar-refractivity contribution is 1.28. The average molecular weight is 152 g/mol. The molecule has 10 heavy (non-hydrogen) atoms. The summed E-state index contributed by atoms with van der Waals surface area (Å²) >= 11 is 5.80. The van der Waals surface area contributed by atoms with Crippen LogP contribution in [0.15, 0.2) is 30.9 Å². The quantitative estimate of drug-likeness (QED) is 0.571. The van der Waals surface area contributed by atoms with Gasteiger partial charge < -0.3 is 0 Å². The summed E-state index contributed by atoms with van der Waals surface area (Å²) < 4.78 is 0. The summed E-state index contributed by atoms with van der Waals surface area (Å²) in [5, 5.41) is 0.697. The van der Waals surface area contributed by atoms with Crippen molar-refractivity contribution in [3.05, 3.63) is 47.5 Å². The van der Waals surface area contributed by atoms with Gasteiger partial charge in [0.05, 0.1) is 5.02 Å². The Balaban J connectivity index is 2.91. The van der Waals surface area contributed by atoms with Crippen LogP contribution in [0, 0.1) is 6.07 Å². The van der Waals surface area contributed by atoms with Gasteiger partial charge in [-0.05, 0) is 12.0 Å². The molecule has 0 saturated carbocycles. The van der Waals surface area contributed by atoms with E-state index in [2.05, 4.69) is 12.6 Å². The Hall–Kier alpha value is -0.750. The van der Waals surface area contributed by atoms with Gasteiger partial charge in [0.25, 0.3) is 0 Å². The van der Waals surface area contributed by atoms with Crippen LogP contribution in [0.3, 0.4) is 0 Å². The molecule has 0 aliphatic rings. The molecule has 0 nitrogen and oxygen atoms in total. The molecule has 1 aromatic rings. The van der Waals surface area contributed by atoms with Crippen molar-refractivity contribution in [2.75, 3.05) is 0 Å². The Morgan fingerprint density at radius 2 is 2.50 bits per heavy atom. The lowest BCUT2D eigenvalue weighted by Gasteiger charge is -1.96. The molecular formula is C9H8Cl. The van der Waals surface area contributed by atoms with Crippen LogP contribution < -0.4 is 0 Å². The average Bonchev–Trinajstić information content (AvgIpc) is 1.94. The van der Waals surface area contributed by atoms with Crippen molar-refractivity contribution >= 4 is 11.6 Å². The number of halogens is 1. The van der Waals surface area contributed by atoms with Gasteiger partial charge in [-0.2, -0.15) is 0 Å². The molecule has 0 heterocycles. The fourth-order valence-electron chi connectivity index (χ4n) is 0.765. The van der Waals surface area contributed by atoms with Crippen molar-refractivity contribution in [3.8, 4) is 0 Å². The molecule has 0 amide bonds. The maximum absolute atomic E-state index is 5.80. The smallest absolute Gasteiger partial charge is 0.0520 e. The van der Waals surface area contributed by atoms with Crippen molar-refractivity contribution < 1.29 is 0 Å². The topological polar surface area (TPSA) is 0 Å². The SMILES string of the molecule is C=CCc1ccc[c]c1Cl. The number of allylic oxidation sites excluding steroid dienone is 1. The van der Waals surface area contributed by atoms with Crippen molar-refractivity contribution in [1.29, 1.82) is 0 Å². The zero-order valence-electron chi connectivity index (χ0n) is 5.60. The Morgan fingerprint density at radius 3 is 3.10 bits per heavy atom. The van der Waals surface area contributed by atoms with Gasteiger partial charge in [-0.3, -0.25) is 0 Å². The van der Waals surface area contributed by atoms with Crippen molar-refractivity contribution in [2.24, 2.45) is 0 Å². The molecular weight excluding hydrogens is 144 g/mol. The van der Waals surface area contributed by atoms with Crippen LogP contribution >= 0.6 is 11.6 Å². The van der Waals surface area contributed by atoms with Gasteiger partial charge in [-0.15, -0.1) is 6.58 Å². The molecule has 0 N–H and O–H groups in total. The number of hydrogen-bond acceptors (Lipinski definition) is 0. The van der Waals surface area contributed by atoms with Crippen LogP contribution in [-0.4, -0.2) is 0 Å². The molecule has 0 fully saturated rings. The summed E-state index contributed by atoms with van der Waals surface area (Å²) in [6.07, 6.45) is 2.64. The largest absolute Gasteiger partial charge is 0.103 e. The van der Waals surface area contributed by atoms with Gasteiger partial charge in [-0.1, -0.05) is 35.9 Å². The minimum Gasteiger partial charge on any atom is -0.103 e. The zero-order valence-corrected chi connectivity index (χ0v) is 6.36. The van der Waals surface area contributed by atoms with Gasteiger partial charge in [0.2, 0.25) is 0 Å². The summed E-state index contributed by atoms with van der Waals surface area (Å²) in [6, 6.07) is 8.60. The van der Waals surface area contributed by atoms with E-state index in [1.807, 2.05) is 18.2 Å². The Kier molecular flexibility index (Phi) is 2.52. The van der Waals surface area contributed by atoms with Crippen molar-refractivity contribution in [3.63, 3.8) is 0 Å². The summed E-state index contributed by atoms with van der Waals surface area (Å²) in [7, 11) is 0. The van der Waals surface area contributed by atoms with E-state index >= 15 is 0 Å². The molecule has 0 aromatic heterocycles. The second-order valence-electron chi connectivity index (χ2n) is 2.00. The van der Waals surface area contributed by atoms with E-state index in [0.29, 0.717) is 5.02 Å².